The van der Waals surface area contributed by atoms with Crippen LogP contribution in [0.1, 0.15) is 25.7 Å². The second-order valence-corrected chi connectivity index (χ2v) is 5.04. The lowest BCUT2D eigenvalue weighted by Gasteiger charge is -2.37. The number of pyridine rings is 1. The van der Waals surface area contributed by atoms with Crippen LogP contribution >= 0.6 is 15.9 Å². The Hall–Kier alpha value is -0.610. The third-order valence-corrected chi connectivity index (χ3v) is 3.76. The molecule has 1 saturated heterocycles. The Kier molecular flexibility index (Phi) is 4.18. The fourth-order valence-corrected chi connectivity index (χ4v) is 2.85. The summed E-state index contributed by atoms with van der Waals surface area (Å²) in [5, 5.41) is 9.10. The Balaban J connectivity index is 2.19. The van der Waals surface area contributed by atoms with Gasteiger partial charge in [0.15, 0.2) is 0 Å². The van der Waals surface area contributed by atoms with Crippen LogP contribution in [0.15, 0.2) is 22.9 Å². The molecule has 1 atom stereocenters. The predicted octanol–water partition coefficient (Wildman–Crippen LogP) is 2.59. The van der Waals surface area contributed by atoms with Crippen molar-refractivity contribution in [1.29, 1.82) is 0 Å². The van der Waals surface area contributed by atoms with Gasteiger partial charge in [0.05, 0.1) is 10.2 Å². The molecule has 88 valence electrons. The summed E-state index contributed by atoms with van der Waals surface area (Å²) in [6, 6.07) is 2.51. The van der Waals surface area contributed by atoms with E-state index < -0.39 is 0 Å². The molecule has 16 heavy (non-hydrogen) atoms. The average molecular weight is 285 g/mol. The van der Waals surface area contributed by atoms with Gasteiger partial charge in [0.1, 0.15) is 0 Å². The molecule has 2 rings (SSSR count). The van der Waals surface area contributed by atoms with E-state index in [-0.39, 0.29) is 6.61 Å². The minimum absolute atomic E-state index is 0.268. The standard InChI is InChI=1S/C12H17BrN2O/c13-11-9-14-6-4-12(11)15-7-2-1-3-10(15)5-8-16/h4,6,9-10,16H,1-3,5,7-8H2. The highest BCUT2D eigenvalue weighted by Crippen LogP contribution is 2.31. The number of aliphatic hydroxyl groups excluding tert-OH is 1. The molecule has 1 aliphatic rings. The maximum atomic E-state index is 9.10. The van der Waals surface area contributed by atoms with Gasteiger partial charge < -0.3 is 10.0 Å². The number of aliphatic hydroxyl groups is 1. The van der Waals surface area contributed by atoms with Crippen LogP contribution in [-0.4, -0.2) is 29.3 Å². The van der Waals surface area contributed by atoms with Crippen molar-refractivity contribution in [3.8, 4) is 0 Å². The van der Waals surface area contributed by atoms with Gasteiger partial charge in [-0.1, -0.05) is 0 Å². The first-order valence-electron chi connectivity index (χ1n) is 5.80. The molecule has 0 spiro atoms. The second kappa shape index (κ2) is 5.64. The van der Waals surface area contributed by atoms with Crippen molar-refractivity contribution in [3.63, 3.8) is 0 Å². The SMILES string of the molecule is OCCC1CCCCN1c1ccncc1Br. The van der Waals surface area contributed by atoms with Crippen molar-refractivity contribution < 1.29 is 5.11 Å². The smallest absolute Gasteiger partial charge is 0.0592 e. The molecule has 1 aromatic heterocycles. The number of nitrogens with zero attached hydrogens (tertiary/aromatic N) is 2. The van der Waals surface area contributed by atoms with Crippen molar-refractivity contribution in [2.45, 2.75) is 31.7 Å². The first-order chi connectivity index (χ1) is 7.83. The summed E-state index contributed by atoms with van der Waals surface area (Å²) in [5.41, 5.74) is 1.20. The van der Waals surface area contributed by atoms with E-state index in [2.05, 4.69) is 25.8 Å². The lowest BCUT2D eigenvalue weighted by molar-refractivity contribution is 0.262. The number of anilines is 1. The topological polar surface area (TPSA) is 36.4 Å². The minimum atomic E-state index is 0.268. The van der Waals surface area contributed by atoms with E-state index in [0.29, 0.717) is 6.04 Å². The van der Waals surface area contributed by atoms with Gasteiger partial charge in [0, 0.05) is 31.6 Å². The molecular formula is C12H17BrN2O. The van der Waals surface area contributed by atoms with E-state index >= 15 is 0 Å². The van der Waals surface area contributed by atoms with Gasteiger partial charge in [0.25, 0.3) is 0 Å². The van der Waals surface area contributed by atoms with Crippen LogP contribution in [0.4, 0.5) is 5.69 Å². The molecule has 0 saturated carbocycles. The van der Waals surface area contributed by atoms with Crippen molar-refractivity contribution >= 4 is 21.6 Å². The number of aromatic nitrogens is 1. The Morgan fingerprint density at radius 2 is 2.38 bits per heavy atom. The molecule has 0 aliphatic carbocycles. The van der Waals surface area contributed by atoms with Gasteiger partial charge >= 0.3 is 0 Å². The Morgan fingerprint density at radius 1 is 1.50 bits per heavy atom. The molecular weight excluding hydrogens is 268 g/mol. The van der Waals surface area contributed by atoms with Gasteiger partial charge in [-0.3, -0.25) is 4.98 Å². The number of piperidine rings is 1. The zero-order chi connectivity index (χ0) is 11.4. The maximum Gasteiger partial charge on any atom is 0.0592 e. The normalized spacial score (nSPS) is 21.1. The zero-order valence-electron chi connectivity index (χ0n) is 9.27. The molecule has 0 amide bonds. The zero-order valence-corrected chi connectivity index (χ0v) is 10.9. The van der Waals surface area contributed by atoms with E-state index in [1.165, 1.54) is 24.9 Å². The fourth-order valence-electron chi connectivity index (χ4n) is 2.37. The Morgan fingerprint density at radius 3 is 3.12 bits per heavy atom. The van der Waals surface area contributed by atoms with Gasteiger partial charge in [-0.15, -0.1) is 0 Å². The summed E-state index contributed by atoms with van der Waals surface area (Å²) in [4.78, 5) is 6.48. The highest BCUT2D eigenvalue weighted by Gasteiger charge is 2.23. The van der Waals surface area contributed by atoms with Gasteiger partial charge in [-0.25, -0.2) is 0 Å². The summed E-state index contributed by atoms with van der Waals surface area (Å²) in [6.45, 7) is 1.34. The fraction of sp³-hybridized carbons (Fsp3) is 0.583. The predicted molar refractivity (Wildman–Crippen MR) is 68.6 cm³/mol. The number of hydrogen-bond acceptors (Lipinski definition) is 3. The molecule has 2 heterocycles. The van der Waals surface area contributed by atoms with Crippen LogP contribution in [0.2, 0.25) is 0 Å². The maximum absolute atomic E-state index is 9.10. The third-order valence-electron chi connectivity index (χ3n) is 3.15. The summed E-state index contributed by atoms with van der Waals surface area (Å²) >= 11 is 3.54. The molecule has 3 nitrogen and oxygen atoms in total. The second-order valence-electron chi connectivity index (χ2n) is 4.18. The summed E-state index contributed by atoms with van der Waals surface area (Å²) in [6.07, 6.45) is 8.19. The Bertz CT molecular complexity index is 344. The third kappa shape index (κ3) is 2.55. The average Bonchev–Trinajstić information content (AvgIpc) is 2.31. The van der Waals surface area contributed by atoms with Crippen LogP contribution in [0.5, 0.6) is 0 Å². The number of hydrogen-bond donors (Lipinski definition) is 1. The molecule has 0 bridgehead atoms. The van der Waals surface area contributed by atoms with E-state index in [4.69, 9.17) is 5.11 Å². The molecule has 0 aromatic carbocycles. The molecule has 1 unspecified atom stereocenters. The van der Waals surface area contributed by atoms with Crippen LogP contribution in [0, 0.1) is 0 Å². The highest BCUT2D eigenvalue weighted by atomic mass is 79.9. The monoisotopic (exact) mass is 284 g/mol. The van der Waals surface area contributed by atoms with E-state index in [0.717, 1.165) is 17.4 Å². The summed E-state index contributed by atoms with van der Waals surface area (Å²) in [7, 11) is 0. The van der Waals surface area contributed by atoms with Crippen molar-refractivity contribution in [1.82, 2.24) is 4.98 Å². The van der Waals surface area contributed by atoms with Crippen molar-refractivity contribution in [3.05, 3.63) is 22.9 Å². The molecule has 1 N–H and O–H groups in total. The van der Waals surface area contributed by atoms with Crippen molar-refractivity contribution in [2.75, 3.05) is 18.1 Å². The molecule has 1 aromatic rings. The van der Waals surface area contributed by atoms with Crippen molar-refractivity contribution in [2.24, 2.45) is 0 Å². The van der Waals surface area contributed by atoms with E-state index in [9.17, 15) is 0 Å². The first-order valence-corrected chi connectivity index (χ1v) is 6.59. The lowest BCUT2D eigenvalue weighted by atomic mass is 9.99. The summed E-state index contributed by atoms with van der Waals surface area (Å²) in [5.74, 6) is 0. The van der Waals surface area contributed by atoms with E-state index in [1.807, 2.05) is 18.5 Å². The molecule has 0 radical (unpaired) electrons. The highest BCUT2D eigenvalue weighted by molar-refractivity contribution is 9.10. The van der Waals surface area contributed by atoms with Crippen LogP contribution in [-0.2, 0) is 0 Å². The van der Waals surface area contributed by atoms with Gasteiger partial charge in [-0.2, -0.15) is 0 Å². The van der Waals surface area contributed by atoms with Crippen LogP contribution in [0.3, 0.4) is 0 Å². The quantitative estimate of drug-likeness (QED) is 0.927. The number of halogens is 1. The molecule has 4 heteroatoms. The van der Waals surface area contributed by atoms with Crippen LogP contribution in [0.25, 0.3) is 0 Å². The lowest BCUT2D eigenvalue weighted by Crippen LogP contribution is -2.40. The number of rotatable bonds is 3. The molecule has 1 aliphatic heterocycles. The molecule has 1 fully saturated rings. The Labute approximate surface area is 105 Å². The summed E-state index contributed by atoms with van der Waals surface area (Å²) < 4.78 is 1.04. The van der Waals surface area contributed by atoms with Crippen LogP contribution < -0.4 is 4.90 Å². The van der Waals surface area contributed by atoms with E-state index in [1.54, 1.807) is 0 Å². The van der Waals surface area contributed by atoms with Gasteiger partial charge in [-0.05, 0) is 47.7 Å². The first kappa shape index (κ1) is 11.9. The van der Waals surface area contributed by atoms with Gasteiger partial charge in [0.2, 0.25) is 0 Å². The largest absolute Gasteiger partial charge is 0.396 e. The minimum Gasteiger partial charge on any atom is -0.396 e.